The van der Waals surface area contributed by atoms with Crippen LogP contribution in [0.25, 0.3) is 0 Å². The highest BCUT2D eigenvalue weighted by Gasteiger charge is 1.99. The van der Waals surface area contributed by atoms with E-state index >= 15 is 0 Å². The quantitative estimate of drug-likeness (QED) is 0.548. The Kier molecular flexibility index (Phi) is 4.91. The summed E-state index contributed by atoms with van der Waals surface area (Å²) in [5.41, 5.74) is 3.53. The molecule has 1 heteroatoms. The zero-order valence-corrected chi connectivity index (χ0v) is 11.4. The number of aryl methyl sites for hydroxylation is 2. The van der Waals surface area contributed by atoms with Gasteiger partial charge in [0.2, 0.25) is 0 Å². The van der Waals surface area contributed by atoms with Gasteiger partial charge in [-0.1, -0.05) is 54.6 Å². The molecule has 0 bridgehead atoms. The smallest absolute Gasteiger partial charge is 0.159 e. The monoisotopic (exact) mass is 252 g/mol. The van der Waals surface area contributed by atoms with Crippen LogP contribution in [0.15, 0.2) is 54.6 Å². The van der Waals surface area contributed by atoms with Gasteiger partial charge in [0.05, 0.1) is 0 Å². The summed E-state index contributed by atoms with van der Waals surface area (Å²) >= 11 is 0. The second kappa shape index (κ2) is 6.89. The van der Waals surface area contributed by atoms with Crippen molar-refractivity contribution < 1.29 is 4.79 Å². The highest BCUT2D eigenvalue weighted by Crippen LogP contribution is 2.10. The van der Waals surface area contributed by atoms with Crippen molar-refractivity contribution in [1.29, 1.82) is 0 Å². The summed E-state index contributed by atoms with van der Waals surface area (Å²) in [6, 6.07) is 18.6. The van der Waals surface area contributed by atoms with Gasteiger partial charge in [-0.15, -0.1) is 0 Å². The molecule has 0 aliphatic rings. The van der Waals surface area contributed by atoms with E-state index in [-0.39, 0.29) is 5.78 Å². The average molecular weight is 252 g/mol. The normalized spacial score (nSPS) is 10.4. The lowest BCUT2D eigenvalue weighted by atomic mass is 10.0. The van der Waals surface area contributed by atoms with Crippen LogP contribution in [0, 0.1) is 0 Å². The molecule has 0 spiro atoms. The Bertz CT molecular complexity index is 511. The van der Waals surface area contributed by atoms with E-state index in [1.54, 1.807) is 6.92 Å². The summed E-state index contributed by atoms with van der Waals surface area (Å²) in [4.78, 5) is 11.2. The van der Waals surface area contributed by atoms with Gasteiger partial charge < -0.3 is 0 Å². The molecule has 0 amide bonds. The third-order valence-corrected chi connectivity index (χ3v) is 3.38. The molecule has 0 N–H and O–H groups in total. The first-order valence-electron chi connectivity index (χ1n) is 6.89. The fourth-order valence-corrected chi connectivity index (χ4v) is 2.21. The minimum absolute atomic E-state index is 0.135. The number of Topliss-reactive ketones (excluding diaryl/α,β-unsaturated/α-hetero) is 1. The molecule has 19 heavy (non-hydrogen) atoms. The second-order valence-corrected chi connectivity index (χ2v) is 4.95. The van der Waals surface area contributed by atoms with Gasteiger partial charge in [-0.3, -0.25) is 4.79 Å². The van der Waals surface area contributed by atoms with Crippen LogP contribution in [-0.2, 0) is 12.8 Å². The Morgan fingerprint density at radius 2 is 1.32 bits per heavy atom. The molecule has 2 aromatic rings. The van der Waals surface area contributed by atoms with Crippen LogP contribution in [0.2, 0.25) is 0 Å². The average Bonchev–Trinajstić information content (AvgIpc) is 2.45. The predicted octanol–water partition coefficient (Wildman–Crippen LogP) is 4.45. The fraction of sp³-hybridized carbons (Fsp3) is 0.278. The van der Waals surface area contributed by atoms with E-state index in [1.807, 2.05) is 12.1 Å². The highest BCUT2D eigenvalue weighted by molar-refractivity contribution is 5.93. The fourth-order valence-electron chi connectivity index (χ4n) is 2.21. The molecule has 0 atom stereocenters. The molecular weight excluding hydrogens is 232 g/mol. The Morgan fingerprint density at radius 3 is 1.84 bits per heavy atom. The van der Waals surface area contributed by atoms with Gasteiger partial charge in [0, 0.05) is 5.56 Å². The summed E-state index contributed by atoms with van der Waals surface area (Å²) in [6.07, 6.45) is 4.63. The van der Waals surface area contributed by atoms with Crippen molar-refractivity contribution in [3.8, 4) is 0 Å². The van der Waals surface area contributed by atoms with E-state index in [1.165, 1.54) is 24.0 Å². The molecule has 0 radical (unpaired) electrons. The summed E-state index contributed by atoms with van der Waals surface area (Å²) in [5.74, 6) is 0.135. The van der Waals surface area contributed by atoms with Crippen LogP contribution >= 0.6 is 0 Å². The Morgan fingerprint density at radius 1 is 0.789 bits per heavy atom. The summed E-state index contributed by atoms with van der Waals surface area (Å²) < 4.78 is 0. The summed E-state index contributed by atoms with van der Waals surface area (Å²) in [6.45, 7) is 1.61. The second-order valence-electron chi connectivity index (χ2n) is 4.95. The minimum Gasteiger partial charge on any atom is -0.295 e. The number of unbranched alkanes of at least 4 members (excludes halogenated alkanes) is 1. The van der Waals surface area contributed by atoms with Crippen molar-refractivity contribution in [3.05, 3.63) is 71.3 Å². The maximum Gasteiger partial charge on any atom is 0.159 e. The third-order valence-electron chi connectivity index (χ3n) is 3.38. The van der Waals surface area contributed by atoms with Crippen molar-refractivity contribution in [2.75, 3.05) is 0 Å². The lowest BCUT2D eigenvalue weighted by Gasteiger charge is -2.03. The van der Waals surface area contributed by atoms with E-state index in [4.69, 9.17) is 0 Å². The Labute approximate surface area is 115 Å². The van der Waals surface area contributed by atoms with E-state index in [0.29, 0.717) is 0 Å². The molecule has 0 saturated carbocycles. The number of carbonyl (C=O) groups excluding carboxylic acids is 1. The van der Waals surface area contributed by atoms with Crippen LogP contribution in [0.1, 0.15) is 41.3 Å². The zero-order valence-electron chi connectivity index (χ0n) is 11.4. The molecule has 0 fully saturated rings. The zero-order chi connectivity index (χ0) is 13.5. The van der Waals surface area contributed by atoms with Gasteiger partial charge in [-0.2, -0.15) is 0 Å². The van der Waals surface area contributed by atoms with Crippen molar-refractivity contribution in [2.45, 2.75) is 32.6 Å². The van der Waals surface area contributed by atoms with Gasteiger partial charge in [0.1, 0.15) is 0 Å². The number of benzene rings is 2. The maximum atomic E-state index is 11.2. The number of rotatable bonds is 6. The van der Waals surface area contributed by atoms with Gasteiger partial charge in [-0.25, -0.2) is 0 Å². The molecule has 0 heterocycles. The van der Waals surface area contributed by atoms with Gasteiger partial charge in [0.25, 0.3) is 0 Å². The van der Waals surface area contributed by atoms with Crippen LogP contribution < -0.4 is 0 Å². The van der Waals surface area contributed by atoms with Crippen LogP contribution in [0.4, 0.5) is 0 Å². The van der Waals surface area contributed by atoms with E-state index in [0.717, 1.165) is 18.4 Å². The van der Waals surface area contributed by atoms with Crippen molar-refractivity contribution in [1.82, 2.24) is 0 Å². The first-order valence-corrected chi connectivity index (χ1v) is 6.89. The standard InChI is InChI=1S/C18H20O/c1-15(19)18-13-11-17(12-14-18)10-6-5-9-16-7-3-2-4-8-16/h2-4,7-8,11-14H,5-6,9-10H2,1H3. The minimum atomic E-state index is 0.135. The van der Waals surface area contributed by atoms with Gasteiger partial charge in [-0.05, 0) is 43.7 Å². The molecule has 2 rings (SSSR count). The van der Waals surface area contributed by atoms with Crippen LogP contribution in [-0.4, -0.2) is 5.78 Å². The molecule has 0 aromatic heterocycles. The lowest BCUT2D eigenvalue weighted by molar-refractivity contribution is 0.101. The van der Waals surface area contributed by atoms with E-state index < -0.39 is 0 Å². The molecular formula is C18H20O. The molecule has 98 valence electrons. The van der Waals surface area contributed by atoms with Gasteiger partial charge >= 0.3 is 0 Å². The topological polar surface area (TPSA) is 17.1 Å². The molecule has 0 aliphatic carbocycles. The number of hydrogen-bond donors (Lipinski definition) is 0. The number of ketones is 1. The highest BCUT2D eigenvalue weighted by atomic mass is 16.1. The molecule has 1 nitrogen and oxygen atoms in total. The Hall–Kier alpha value is -1.89. The molecule has 0 unspecified atom stereocenters. The first kappa shape index (κ1) is 13.5. The van der Waals surface area contributed by atoms with Crippen molar-refractivity contribution in [3.63, 3.8) is 0 Å². The van der Waals surface area contributed by atoms with Crippen molar-refractivity contribution in [2.24, 2.45) is 0 Å². The summed E-state index contributed by atoms with van der Waals surface area (Å²) in [5, 5.41) is 0. The van der Waals surface area contributed by atoms with Crippen LogP contribution in [0.3, 0.4) is 0 Å². The maximum absolute atomic E-state index is 11.2. The molecule has 0 aliphatic heterocycles. The van der Waals surface area contributed by atoms with E-state index in [2.05, 4.69) is 42.5 Å². The van der Waals surface area contributed by atoms with Crippen LogP contribution in [0.5, 0.6) is 0 Å². The van der Waals surface area contributed by atoms with Crippen molar-refractivity contribution >= 4 is 5.78 Å². The predicted molar refractivity (Wildman–Crippen MR) is 79.5 cm³/mol. The summed E-state index contributed by atoms with van der Waals surface area (Å²) in [7, 11) is 0. The number of carbonyl (C=O) groups is 1. The third kappa shape index (κ3) is 4.36. The largest absolute Gasteiger partial charge is 0.295 e. The number of hydrogen-bond acceptors (Lipinski definition) is 1. The molecule has 2 aromatic carbocycles. The Balaban J connectivity index is 1.75. The lowest BCUT2D eigenvalue weighted by Crippen LogP contribution is -1.93. The molecule has 0 saturated heterocycles. The first-order chi connectivity index (χ1) is 9.25. The SMILES string of the molecule is CC(=O)c1ccc(CCCCc2ccccc2)cc1. The van der Waals surface area contributed by atoms with E-state index in [9.17, 15) is 4.79 Å². The van der Waals surface area contributed by atoms with Gasteiger partial charge in [0.15, 0.2) is 5.78 Å².